The van der Waals surface area contributed by atoms with Crippen molar-refractivity contribution in [3.63, 3.8) is 0 Å². The van der Waals surface area contributed by atoms with E-state index in [0.29, 0.717) is 11.0 Å². The fourth-order valence-corrected chi connectivity index (χ4v) is 2.03. The molecule has 0 saturated carbocycles. The first-order valence-electron chi connectivity index (χ1n) is 6.25. The van der Waals surface area contributed by atoms with Crippen LogP contribution in [0.1, 0.15) is 12.5 Å². The van der Waals surface area contributed by atoms with Crippen LogP contribution in [0.3, 0.4) is 0 Å². The van der Waals surface area contributed by atoms with Crippen LogP contribution < -0.4 is 10.1 Å². The highest BCUT2D eigenvalue weighted by atomic mass is 79.9. The zero-order chi connectivity index (χ0) is 15.2. The number of benzene rings is 1. The monoisotopic (exact) mass is 354 g/mol. The van der Waals surface area contributed by atoms with Gasteiger partial charge in [0.1, 0.15) is 5.75 Å². The lowest BCUT2D eigenvalue weighted by molar-refractivity contribution is -0.274. The number of halogens is 4. The van der Waals surface area contributed by atoms with Crippen LogP contribution in [0, 0.1) is 0 Å². The third-order valence-corrected chi connectivity index (χ3v) is 3.38. The number of nitrogens with zero attached hydrogens (tertiary/aromatic N) is 1. The van der Waals surface area contributed by atoms with Crippen molar-refractivity contribution < 1.29 is 17.9 Å². The van der Waals surface area contributed by atoms with Crippen LogP contribution in [0.25, 0.3) is 0 Å². The largest absolute Gasteiger partial charge is 0.573 e. The second-order valence-electron chi connectivity index (χ2n) is 4.39. The minimum absolute atomic E-state index is 0.230. The molecule has 0 unspecified atom stereocenters. The summed E-state index contributed by atoms with van der Waals surface area (Å²) in [6.45, 7) is 5.41. The van der Waals surface area contributed by atoms with E-state index in [0.717, 1.165) is 25.2 Å². The van der Waals surface area contributed by atoms with Gasteiger partial charge in [-0.25, -0.2) is 0 Å². The number of alkyl halides is 3. The fraction of sp³-hybridized carbons (Fsp3) is 0.538. The van der Waals surface area contributed by atoms with Gasteiger partial charge >= 0.3 is 6.36 Å². The molecule has 1 aromatic carbocycles. The third kappa shape index (κ3) is 6.58. The molecule has 1 rings (SSSR count). The summed E-state index contributed by atoms with van der Waals surface area (Å²) in [5, 5.41) is 3.24. The summed E-state index contributed by atoms with van der Waals surface area (Å²) in [7, 11) is 2.03. The van der Waals surface area contributed by atoms with E-state index >= 15 is 0 Å². The minimum atomic E-state index is -4.67. The summed E-state index contributed by atoms with van der Waals surface area (Å²) < 4.78 is 40.5. The summed E-state index contributed by atoms with van der Waals surface area (Å²) >= 11 is 3.08. The molecule has 20 heavy (non-hydrogen) atoms. The van der Waals surface area contributed by atoms with Crippen molar-refractivity contribution in [2.75, 3.05) is 26.7 Å². The topological polar surface area (TPSA) is 24.5 Å². The van der Waals surface area contributed by atoms with E-state index in [1.54, 1.807) is 12.1 Å². The normalized spacial score (nSPS) is 11.9. The smallest absolute Gasteiger partial charge is 0.405 e. The molecule has 0 radical (unpaired) electrons. The highest BCUT2D eigenvalue weighted by Gasteiger charge is 2.31. The van der Waals surface area contributed by atoms with Crippen LogP contribution in [0.4, 0.5) is 13.2 Å². The lowest BCUT2D eigenvalue weighted by atomic mass is 10.2. The molecule has 1 aromatic rings. The van der Waals surface area contributed by atoms with Gasteiger partial charge in [-0.2, -0.15) is 0 Å². The molecular weight excluding hydrogens is 337 g/mol. The van der Waals surface area contributed by atoms with Crippen LogP contribution in [-0.2, 0) is 6.54 Å². The van der Waals surface area contributed by atoms with Gasteiger partial charge in [0.05, 0.1) is 4.47 Å². The second-order valence-corrected chi connectivity index (χ2v) is 5.24. The SMILES string of the molecule is CCN(C)CCNCc1ccc(OC(F)(F)F)c(Br)c1. The van der Waals surface area contributed by atoms with Crippen molar-refractivity contribution >= 4 is 15.9 Å². The van der Waals surface area contributed by atoms with E-state index < -0.39 is 6.36 Å². The third-order valence-electron chi connectivity index (χ3n) is 2.76. The Hall–Kier alpha value is -0.790. The Morgan fingerprint density at radius 2 is 2.05 bits per heavy atom. The van der Waals surface area contributed by atoms with E-state index in [9.17, 15) is 13.2 Å². The number of hydrogen-bond donors (Lipinski definition) is 1. The van der Waals surface area contributed by atoms with E-state index in [4.69, 9.17) is 0 Å². The molecule has 0 heterocycles. The standard InChI is InChI=1S/C13H18BrF3N2O/c1-3-19(2)7-6-18-9-10-4-5-12(11(14)8-10)20-13(15,16)17/h4-5,8,18H,3,6-7,9H2,1-2H3. The lowest BCUT2D eigenvalue weighted by Crippen LogP contribution is -2.28. The van der Waals surface area contributed by atoms with Crippen LogP contribution >= 0.6 is 15.9 Å². The molecular formula is C13H18BrF3N2O. The summed E-state index contributed by atoms with van der Waals surface area (Å²) in [4.78, 5) is 2.17. The quantitative estimate of drug-likeness (QED) is 0.759. The second kappa shape index (κ2) is 7.85. The summed E-state index contributed by atoms with van der Waals surface area (Å²) in [6.07, 6.45) is -4.67. The maximum atomic E-state index is 12.1. The van der Waals surface area contributed by atoms with Crippen LogP contribution in [0.15, 0.2) is 22.7 Å². The zero-order valence-electron chi connectivity index (χ0n) is 11.4. The minimum Gasteiger partial charge on any atom is -0.405 e. The van der Waals surface area contributed by atoms with Gasteiger partial charge in [-0.05, 0) is 47.2 Å². The van der Waals surface area contributed by atoms with Gasteiger partial charge in [0.15, 0.2) is 0 Å². The Balaban J connectivity index is 2.47. The van der Waals surface area contributed by atoms with Crippen LogP contribution in [-0.4, -0.2) is 37.9 Å². The predicted molar refractivity (Wildman–Crippen MR) is 75.7 cm³/mol. The molecule has 1 N–H and O–H groups in total. The van der Waals surface area contributed by atoms with Crippen molar-refractivity contribution in [1.82, 2.24) is 10.2 Å². The van der Waals surface area contributed by atoms with Crippen molar-refractivity contribution in [2.24, 2.45) is 0 Å². The molecule has 0 aliphatic heterocycles. The predicted octanol–water partition coefficient (Wildman–Crippen LogP) is 3.39. The summed E-state index contributed by atoms with van der Waals surface area (Å²) in [5.74, 6) is -0.230. The molecule has 3 nitrogen and oxygen atoms in total. The molecule has 0 amide bonds. The highest BCUT2D eigenvalue weighted by Crippen LogP contribution is 2.30. The van der Waals surface area contributed by atoms with Crippen LogP contribution in [0.5, 0.6) is 5.75 Å². The fourth-order valence-electron chi connectivity index (χ4n) is 1.52. The molecule has 0 atom stereocenters. The number of nitrogens with one attached hydrogen (secondary N) is 1. The number of rotatable bonds is 7. The molecule has 0 saturated heterocycles. The van der Waals surface area contributed by atoms with Gasteiger partial charge in [-0.3, -0.25) is 0 Å². The van der Waals surface area contributed by atoms with Crippen molar-refractivity contribution in [3.05, 3.63) is 28.2 Å². The maximum Gasteiger partial charge on any atom is 0.573 e. The average Bonchev–Trinajstić information content (AvgIpc) is 2.36. The van der Waals surface area contributed by atoms with Gasteiger partial charge in [-0.1, -0.05) is 13.0 Å². The van der Waals surface area contributed by atoms with Crippen LogP contribution in [0.2, 0.25) is 0 Å². The van der Waals surface area contributed by atoms with Gasteiger partial charge in [0.25, 0.3) is 0 Å². The first kappa shape index (κ1) is 17.3. The maximum absolute atomic E-state index is 12.1. The van der Waals surface area contributed by atoms with Gasteiger partial charge < -0.3 is 15.0 Å². The van der Waals surface area contributed by atoms with Gasteiger partial charge in [0, 0.05) is 19.6 Å². The molecule has 0 aliphatic rings. The van der Waals surface area contributed by atoms with E-state index in [1.807, 2.05) is 7.05 Å². The number of ether oxygens (including phenoxy) is 1. The molecule has 0 aromatic heterocycles. The lowest BCUT2D eigenvalue weighted by Gasteiger charge is -2.14. The molecule has 0 aliphatic carbocycles. The van der Waals surface area contributed by atoms with Crippen molar-refractivity contribution in [3.8, 4) is 5.75 Å². The molecule has 114 valence electrons. The summed E-state index contributed by atoms with van der Waals surface area (Å²) in [5.41, 5.74) is 0.894. The van der Waals surface area contributed by atoms with E-state index in [-0.39, 0.29) is 5.75 Å². The average molecular weight is 355 g/mol. The number of hydrogen-bond acceptors (Lipinski definition) is 3. The molecule has 7 heteroatoms. The Kier molecular flexibility index (Phi) is 6.78. The molecule has 0 fully saturated rings. The molecule has 0 spiro atoms. The van der Waals surface area contributed by atoms with Crippen molar-refractivity contribution in [2.45, 2.75) is 19.8 Å². The Morgan fingerprint density at radius 3 is 2.60 bits per heavy atom. The Morgan fingerprint density at radius 1 is 1.35 bits per heavy atom. The van der Waals surface area contributed by atoms with Gasteiger partial charge in [-0.15, -0.1) is 13.2 Å². The molecule has 0 bridgehead atoms. The van der Waals surface area contributed by atoms with Crippen molar-refractivity contribution in [1.29, 1.82) is 0 Å². The first-order valence-corrected chi connectivity index (χ1v) is 7.04. The Labute approximate surface area is 125 Å². The number of likely N-dealkylation sites (N-methyl/N-ethyl adjacent to an activating group) is 1. The summed E-state index contributed by atoms with van der Waals surface area (Å²) in [6, 6.07) is 4.55. The van der Waals surface area contributed by atoms with E-state index in [2.05, 4.69) is 37.8 Å². The zero-order valence-corrected chi connectivity index (χ0v) is 13.0. The van der Waals surface area contributed by atoms with E-state index in [1.165, 1.54) is 6.07 Å². The Bertz CT molecular complexity index is 427. The first-order chi connectivity index (χ1) is 9.31. The highest BCUT2D eigenvalue weighted by molar-refractivity contribution is 9.10. The van der Waals surface area contributed by atoms with Gasteiger partial charge in [0.2, 0.25) is 0 Å².